The van der Waals surface area contributed by atoms with Crippen LogP contribution in [0.1, 0.15) is 57.5 Å². The normalized spacial score (nSPS) is 15.1. The molecule has 0 spiro atoms. The highest BCUT2D eigenvalue weighted by Crippen LogP contribution is 2.28. The van der Waals surface area contributed by atoms with E-state index in [-0.39, 0.29) is 28.1 Å². The van der Waals surface area contributed by atoms with E-state index in [0.29, 0.717) is 16.5 Å². The van der Waals surface area contributed by atoms with Gasteiger partial charge in [-0.05, 0) is 135 Å². The zero-order chi connectivity index (χ0) is 37.3. The summed E-state index contributed by atoms with van der Waals surface area (Å²) in [4.78, 5) is 31.5. The van der Waals surface area contributed by atoms with Crippen LogP contribution in [0, 0.1) is 23.5 Å². The minimum atomic E-state index is -1.01. The number of hydrogen-bond donors (Lipinski definition) is 4. The molecule has 0 bridgehead atoms. The van der Waals surface area contributed by atoms with Crippen LogP contribution < -0.4 is 5.32 Å². The highest BCUT2D eigenvalue weighted by Gasteiger charge is 2.25. The zero-order valence-electron chi connectivity index (χ0n) is 29.2. The molecule has 0 atom stereocenters. The molecule has 276 valence electrons. The summed E-state index contributed by atoms with van der Waals surface area (Å²) in [6, 6.07) is 24.2. The summed E-state index contributed by atoms with van der Waals surface area (Å²) in [5.41, 5.74) is 4.89. The van der Waals surface area contributed by atoms with Crippen molar-refractivity contribution in [1.29, 1.82) is 0 Å². The average Bonchev–Trinajstić information content (AvgIpc) is 3.82. The number of nitrogens with zero attached hydrogens (tertiary/aromatic N) is 1. The van der Waals surface area contributed by atoms with Crippen molar-refractivity contribution < 1.29 is 23.5 Å². The molecule has 2 aliphatic rings. The molecule has 11 heteroatoms. The first kappa shape index (κ1) is 38.0. The number of rotatable bonds is 6. The number of carboxylic acids is 1. The van der Waals surface area contributed by atoms with Gasteiger partial charge in [0, 0.05) is 47.3 Å². The van der Waals surface area contributed by atoms with Crippen LogP contribution in [0.15, 0.2) is 97.3 Å². The van der Waals surface area contributed by atoms with Gasteiger partial charge in [0.25, 0.3) is 5.91 Å². The number of piperidine rings is 2. The van der Waals surface area contributed by atoms with Crippen LogP contribution in [0.2, 0.25) is 10.0 Å². The van der Waals surface area contributed by atoms with E-state index in [4.69, 9.17) is 28.3 Å². The molecule has 0 aliphatic carbocycles. The van der Waals surface area contributed by atoms with Crippen molar-refractivity contribution >= 4 is 56.9 Å². The second kappa shape index (κ2) is 17.9. The maximum Gasteiger partial charge on any atom is 0.337 e. The smallest absolute Gasteiger partial charge is 0.337 e. The van der Waals surface area contributed by atoms with Crippen LogP contribution in [0.25, 0.3) is 21.8 Å². The third-order valence-corrected chi connectivity index (χ3v) is 10.6. The molecule has 2 fully saturated rings. The second-order valence-corrected chi connectivity index (χ2v) is 14.5. The topological polar surface area (TPSA) is 101 Å². The van der Waals surface area contributed by atoms with Crippen LogP contribution in [0.4, 0.5) is 8.78 Å². The maximum atomic E-state index is 13.0. The lowest BCUT2D eigenvalue weighted by Gasteiger charge is -2.32. The number of carbonyl (C=O) groups is 2. The van der Waals surface area contributed by atoms with E-state index in [0.717, 1.165) is 85.1 Å². The Balaban J connectivity index is 0.000000150. The predicted molar refractivity (Wildman–Crippen MR) is 208 cm³/mol. The Morgan fingerprint density at radius 2 is 1.11 bits per heavy atom. The van der Waals surface area contributed by atoms with Gasteiger partial charge in [-0.1, -0.05) is 47.5 Å². The predicted octanol–water partition coefficient (Wildman–Crippen LogP) is 9.94. The number of H-pyrrole nitrogens is 2. The number of nitrogens with one attached hydrogen (secondary N) is 3. The van der Waals surface area contributed by atoms with Crippen LogP contribution in [0.5, 0.6) is 0 Å². The largest absolute Gasteiger partial charge is 0.478 e. The molecule has 2 saturated heterocycles. The van der Waals surface area contributed by atoms with Gasteiger partial charge in [-0.25, -0.2) is 13.6 Å². The quantitative estimate of drug-likeness (QED) is 0.136. The number of likely N-dealkylation sites (tertiary alicyclic amines) is 1. The van der Waals surface area contributed by atoms with Gasteiger partial charge in [0.2, 0.25) is 0 Å². The molecule has 0 saturated carbocycles. The number of benzene rings is 4. The van der Waals surface area contributed by atoms with E-state index in [9.17, 15) is 18.4 Å². The summed E-state index contributed by atoms with van der Waals surface area (Å²) in [5, 5.41) is 14.7. The van der Waals surface area contributed by atoms with Crippen molar-refractivity contribution in [1.82, 2.24) is 20.2 Å². The molecule has 7 nitrogen and oxygen atoms in total. The Morgan fingerprint density at radius 3 is 1.60 bits per heavy atom. The van der Waals surface area contributed by atoms with E-state index in [1.165, 1.54) is 30.5 Å². The molecule has 2 aromatic heterocycles. The van der Waals surface area contributed by atoms with Crippen molar-refractivity contribution in [3.63, 3.8) is 0 Å². The van der Waals surface area contributed by atoms with Crippen molar-refractivity contribution in [2.45, 2.75) is 38.5 Å². The Hall–Kier alpha value is -4.70. The van der Waals surface area contributed by atoms with Crippen molar-refractivity contribution in [2.75, 3.05) is 26.2 Å². The van der Waals surface area contributed by atoms with Gasteiger partial charge < -0.3 is 25.3 Å². The summed E-state index contributed by atoms with van der Waals surface area (Å²) in [6.07, 6.45) is 10.0. The number of amides is 1. The molecule has 0 radical (unpaired) electrons. The minimum absolute atomic E-state index is 0.00154. The van der Waals surface area contributed by atoms with Crippen molar-refractivity contribution in [3.05, 3.63) is 141 Å². The summed E-state index contributed by atoms with van der Waals surface area (Å²) in [7, 11) is 0. The molecule has 4 aromatic carbocycles. The molecule has 6 aromatic rings. The Labute approximate surface area is 317 Å². The number of hydrogen-bond acceptors (Lipinski definition) is 3. The average molecular weight is 760 g/mol. The fourth-order valence-electron chi connectivity index (χ4n) is 6.98. The summed E-state index contributed by atoms with van der Waals surface area (Å²) < 4.78 is 25.7. The zero-order valence-corrected chi connectivity index (χ0v) is 30.7. The molecule has 4 heterocycles. The van der Waals surface area contributed by atoms with Gasteiger partial charge in [-0.2, -0.15) is 0 Å². The first-order valence-electron chi connectivity index (χ1n) is 17.9. The highest BCUT2D eigenvalue weighted by molar-refractivity contribution is 6.35. The van der Waals surface area contributed by atoms with Gasteiger partial charge in [-0.3, -0.25) is 4.79 Å². The number of aromatic carboxylic acids is 1. The van der Waals surface area contributed by atoms with E-state index in [1.54, 1.807) is 36.5 Å². The van der Waals surface area contributed by atoms with Crippen LogP contribution in [-0.2, 0) is 12.8 Å². The molecule has 8 rings (SSSR count). The van der Waals surface area contributed by atoms with Gasteiger partial charge in [-0.15, -0.1) is 0 Å². The number of carboxylic acid groups (broad SMARTS) is 1. The lowest BCUT2D eigenvalue weighted by atomic mass is 9.90. The molecular formula is C42H42Cl2F2N4O3. The standard InChI is InChI=1S/C21H20ClFN2O.C12H16FN.C9H6ClNO2/c22-19-13-20-16(5-8-24-20)12-18(19)21(26)25-9-6-15(7-10-25)11-14-1-3-17(23)4-2-14;13-12-3-1-10(2-4-12)9-11-5-7-14-8-6-11;10-7-4-8-5(1-2-11-8)3-6(7)9(12)13/h1-5,8,12-13,15,24H,6-7,9-11H2;1-4,11,14H,5-9H2;1-4,11H,(H,12,13). The number of carbonyl (C=O) groups excluding carboxylic acids is 1. The second-order valence-electron chi connectivity index (χ2n) is 13.7. The van der Waals surface area contributed by atoms with E-state index in [2.05, 4.69) is 15.3 Å². The highest BCUT2D eigenvalue weighted by atomic mass is 35.5. The van der Waals surface area contributed by atoms with Crippen LogP contribution in [-0.4, -0.2) is 58.0 Å². The van der Waals surface area contributed by atoms with Gasteiger partial charge in [0.05, 0.1) is 21.2 Å². The third kappa shape index (κ3) is 10.3. The maximum absolute atomic E-state index is 13.0. The lowest BCUT2D eigenvalue weighted by Crippen LogP contribution is -2.39. The van der Waals surface area contributed by atoms with E-state index < -0.39 is 5.97 Å². The van der Waals surface area contributed by atoms with Crippen LogP contribution >= 0.6 is 23.2 Å². The third-order valence-electron chi connectivity index (χ3n) is 9.98. The molecule has 0 unspecified atom stereocenters. The molecular weight excluding hydrogens is 717 g/mol. The summed E-state index contributed by atoms with van der Waals surface area (Å²) >= 11 is 12.1. The molecule has 53 heavy (non-hydrogen) atoms. The van der Waals surface area contributed by atoms with Gasteiger partial charge in [0.15, 0.2) is 0 Å². The number of halogens is 4. The number of aromatic amines is 2. The summed E-state index contributed by atoms with van der Waals surface area (Å²) in [6.45, 7) is 3.72. The summed E-state index contributed by atoms with van der Waals surface area (Å²) in [5.74, 6) is -0.0511. The van der Waals surface area contributed by atoms with Gasteiger partial charge in [0.1, 0.15) is 11.6 Å². The number of aromatic nitrogens is 2. The van der Waals surface area contributed by atoms with E-state index in [1.807, 2.05) is 53.6 Å². The monoisotopic (exact) mass is 758 g/mol. The van der Waals surface area contributed by atoms with Crippen molar-refractivity contribution in [3.8, 4) is 0 Å². The van der Waals surface area contributed by atoms with Crippen LogP contribution in [0.3, 0.4) is 0 Å². The number of fused-ring (bicyclic) bond motifs is 2. The fraction of sp³-hybridized carbons (Fsp3) is 0.286. The minimum Gasteiger partial charge on any atom is -0.478 e. The molecule has 2 aliphatic heterocycles. The molecule has 4 N–H and O–H groups in total. The Morgan fingerprint density at radius 1 is 0.660 bits per heavy atom. The Kier molecular flexibility index (Phi) is 12.8. The first-order chi connectivity index (χ1) is 25.6. The SMILES string of the molecule is Fc1ccc(CC2CCNCC2)cc1.O=C(O)c1cc2cc[nH]c2cc1Cl.O=C(c1cc2cc[nH]c2cc1Cl)N1CCC(Cc2ccc(F)cc2)CC1. The van der Waals surface area contributed by atoms with Gasteiger partial charge >= 0.3 is 5.97 Å². The molecule has 1 amide bonds. The first-order valence-corrected chi connectivity index (χ1v) is 18.6. The fourth-order valence-corrected chi connectivity index (χ4v) is 7.47. The van der Waals surface area contributed by atoms with E-state index >= 15 is 0 Å². The lowest BCUT2D eigenvalue weighted by molar-refractivity contribution is 0.0684. The van der Waals surface area contributed by atoms with Crippen molar-refractivity contribution in [2.24, 2.45) is 11.8 Å². The Bertz CT molecular complexity index is 2140.